The lowest BCUT2D eigenvalue weighted by Crippen LogP contribution is -2.24. The van der Waals surface area contributed by atoms with Gasteiger partial charge in [0.05, 0.1) is 6.54 Å². The topological polar surface area (TPSA) is 44.1 Å². The minimum absolute atomic E-state index is 0.153. The van der Waals surface area contributed by atoms with E-state index in [1.54, 1.807) is 31.5 Å². The lowest BCUT2D eigenvalue weighted by atomic mass is 10.2. The summed E-state index contributed by atoms with van der Waals surface area (Å²) in [6, 6.07) is 6.43. The Balaban J connectivity index is 1.85. The van der Waals surface area contributed by atoms with Crippen LogP contribution < -0.4 is 10.3 Å². The zero-order valence-corrected chi connectivity index (χ0v) is 15.8. The fraction of sp³-hybridized carbons (Fsp3) is 0.158. The molecule has 0 saturated heterocycles. The number of aromatic nitrogens is 2. The Labute approximate surface area is 161 Å². The van der Waals surface area contributed by atoms with Gasteiger partial charge in [0.25, 0.3) is 5.56 Å². The third-order valence-electron chi connectivity index (χ3n) is 3.95. The number of pyridine rings is 2. The van der Waals surface area contributed by atoms with Crippen LogP contribution in [0.1, 0.15) is 16.8 Å². The highest BCUT2D eigenvalue weighted by atomic mass is 79.9. The van der Waals surface area contributed by atoms with Crippen molar-refractivity contribution < 1.29 is 17.9 Å². The summed E-state index contributed by atoms with van der Waals surface area (Å²) in [5.74, 6) is -3.18. The average molecular weight is 439 g/mol. The van der Waals surface area contributed by atoms with E-state index in [0.29, 0.717) is 18.3 Å². The van der Waals surface area contributed by atoms with E-state index in [2.05, 4.69) is 20.9 Å². The molecule has 3 aromatic rings. The molecule has 0 aliphatic carbocycles. The van der Waals surface area contributed by atoms with Crippen molar-refractivity contribution in [2.45, 2.75) is 20.1 Å². The lowest BCUT2D eigenvalue weighted by molar-refractivity contribution is 0.294. The third-order valence-corrected chi connectivity index (χ3v) is 4.68. The number of rotatable bonds is 5. The van der Waals surface area contributed by atoms with Gasteiger partial charge in [0.15, 0.2) is 11.6 Å². The smallest absolute Gasteiger partial charge is 0.269 e. The number of aryl methyl sites for hydroxylation is 1. The van der Waals surface area contributed by atoms with Crippen LogP contribution in [0.4, 0.5) is 13.2 Å². The number of nitrogens with zero attached hydrogens (tertiary/aromatic N) is 2. The molecule has 4 nitrogen and oxygen atoms in total. The van der Waals surface area contributed by atoms with Gasteiger partial charge in [0.2, 0.25) is 0 Å². The van der Waals surface area contributed by atoms with Crippen LogP contribution in [0.3, 0.4) is 0 Å². The van der Waals surface area contributed by atoms with E-state index in [4.69, 9.17) is 4.74 Å². The second-order valence-electron chi connectivity index (χ2n) is 5.86. The highest BCUT2D eigenvalue weighted by Gasteiger charge is 2.15. The van der Waals surface area contributed by atoms with Crippen molar-refractivity contribution in [2.75, 3.05) is 0 Å². The summed E-state index contributed by atoms with van der Waals surface area (Å²) in [5, 5.41) is 0. The highest BCUT2D eigenvalue weighted by Crippen LogP contribution is 2.24. The third kappa shape index (κ3) is 4.21. The number of halogens is 4. The molecule has 1 aromatic carbocycles. The predicted molar refractivity (Wildman–Crippen MR) is 97.1 cm³/mol. The molecule has 0 N–H and O–H groups in total. The van der Waals surface area contributed by atoms with Gasteiger partial charge < -0.3 is 9.30 Å². The minimum atomic E-state index is -1.27. The summed E-state index contributed by atoms with van der Waals surface area (Å²) >= 11 is 3.19. The van der Waals surface area contributed by atoms with Gasteiger partial charge in [-0.15, -0.1) is 0 Å². The first-order chi connectivity index (χ1) is 12.9. The molecule has 0 radical (unpaired) electrons. The van der Waals surface area contributed by atoms with E-state index in [1.807, 2.05) is 6.07 Å². The largest absolute Gasteiger partial charge is 0.487 e. The molecule has 8 heteroatoms. The van der Waals surface area contributed by atoms with Crippen LogP contribution >= 0.6 is 15.9 Å². The van der Waals surface area contributed by atoms with Gasteiger partial charge >= 0.3 is 0 Å². The van der Waals surface area contributed by atoms with E-state index in [9.17, 15) is 18.0 Å². The predicted octanol–water partition coefficient (Wildman–Crippen LogP) is 4.36. The number of ether oxygens (including phenoxy) is 1. The van der Waals surface area contributed by atoms with E-state index in [1.165, 1.54) is 4.57 Å². The van der Waals surface area contributed by atoms with E-state index in [0.717, 1.165) is 11.6 Å². The van der Waals surface area contributed by atoms with Crippen LogP contribution in [0.15, 0.2) is 52.0 Å². The summed E-state index contributed by atoms with van der Waals surface area (Å²) in [7, 11) is 0. The molecule has 0 unspecified atom stereocenters. The average Bonchev–Trinajstić information content (AvgIpc) is 2.65. The molecular weight excluding hydrogens is 425 g/mol. The first-order valence-corrected chi connectivity index (χ1v) is 8.71. The Hall–Kier alpha value is -2.61. The van der Waals surface area contributed by atoms with Gasteiger partial charge in [-0.3, -0.25) is 9.78 Å². The summed E-state index contributed by atoms with van der Waals surface area (Å²) < 4.78 is 47.2. The summed E-state index contributed by atoms with van der Waals surface area (Å²) in [5.41, 5.74) is 0.984. The van der Waals surface area contributed by atoms with Gasteiger partial charge in [-0.2, -0.15) is 0 Å². The van der Waals surface area contributed by atoms with Crippen molar-refractivity contribution in [2.24, 2.45) is 0 Å². The normalized spacial score (nSPS) is 10.9. The van der Waals surface area contributed by atoms with Crippen molar-refractivity contribution in [3.63, 3.8) is 0 Å². The molecule has 0 atom stereocenters. The lowest BCUT2D eigenvalue weighted by Gasteiger charge is -2.15. The molecule has 0 aliphatic rings. The molecule has 0 bridgehead atoms. The number of benzene rings is 1. The SMILES string of the molecule is Cc1cc(OCc2cc(F)c(F)cc2F)c(Br)c(=O)n1Cc1cccnc1. The van der Waals surface area contributed by atoms with Crippen molar-refractivity contribution in [1.29, 1.82) is 0 Å². The van der Waals surface area contributed by atoms with Crippen LogP contribution in [0.2, 0.25) is 0 Å². The summed E-state index contributed by atoms with van der Waals surface area (Å²) in [4.78, 5) is 16.6. The quantitative estimate of drug-likeness (QED) is 0.556. The zero-order valence-electron chi connectivity index (χ0n) is 14.2. The maximum absolute atomic E-state index is 13.7. The van der Waals surface area contributed by atoms with E-state index in [-0.39, 0.29) is 28.0 Å². The van der Waals surface area contributed by atoms with Gasteiger partial charge in [-0.1, -0.05) is 6.07 Å². The first-order valence-electron chi connectivity index (χ1n) is 7.92. The molecule has 0 aliphatic heterocycles. The van der Waals surface area contributed by atoms with E-state index >= 15 is 0 Å². The fourth-order valence-electron chi connectivity index (χ4n) is 2.52. The van der Waals surface area contributed by atoms with Crippen LogP contribution in [0.25, 0.3) is 0 Å². The van der Waals surface area contributed by atoms with Gasteiger partial charge in [0.1, 0.15) is 22.6 Å². The highest BCUT2D eigenvalue weighted by molar-refractivity contribution is 9.10. The standard InChI is InChI=1S/C19H14BrF3N2O2/c1-11-5-17(27-10-13-6-15(22)16(23)7-14(13)21)18(20)19(26)25(11)9-12-3-2-4-24-8-12/h2-8H,9-10H2,1H3. The Kier molecular flexibility index (Phi) is 5.65. The van der Waals surface area contributed by atoms with Gasteiger partial charge in [-0.25, -0.2) is 13.2 Å². The number of hydrogen-bond donors (Lipinski definition) is 0. The monoisotopic (exact) mass is 438 g/mol. The second kappa shape index (κ2) is 7.96. The van der Waals surface area contributed by atoms with Crippen LogP contribution in [-0.2, 0) is 13.2 Å². The molecule has 2 aromatic heterocycles. The molecule has 0 spiro atoms. The Morgan fingerprint density at radius 2 is 1.89 bits per heavy atom. The second-order valence-corrected chi connectivity index (χ2v) is 6.66. The van der Waals surface area contributed by atoms with E-state index < -0.39 is 17.5 Å². The molecule has 0 amide bonds. The Morgan fingerprint density at radius 3 is 2.59 bits per heavy atom. The Morgan fingerprint density at radius 1 is 1.15 bits per heavy atom. The molecular formula is C19H14BrF3N2O2. The van der Waals surface area contributed by atoms with Crippen LogP contribution in [0, 0.1) is 24.4 Å². The molecule has 2 heterocycles. The summed E-state index contributed by atoms with van der Waals surface area (Å²) in [6.07, 6.45) is 3.31. The van der Waals surface area contributed by atoms with Crippen molar-refractivity contribution >= 4 is 15.9 Å². The summed E-state index contributed by atoms with van der Waals surface area (Å²) in [6.45, 7) is 1.71. The number of hydrogen-bond acceptors (Lipinski definition) is 3. The maximum Gasteiger partial charge on any atom is 0.269 e. The van der Waals surface area contributed by atoms with Crippen LogP contribution in [0.5, 0.6) is 5.75 Å². The molecule has 0 fully saturated rings. The first kappa shape index (κ1) is 19.2. The van der Waals surface area contributed by atoms with Gasteiger partial charge in [-0.05, 0) is 40.5 Å². The molecule has 0 saturated carbocycles. The Bertz CT molecular complexity index is 1040. The maximum atomic E-state index is 13.7. The molecule has 27 heavy (non-hydrogen) atoms. The van der Waals surface area contributed by atoms with Crippen LogP contribution in [-0.4, -0.2) is 9.55 Å². The van der Waals surface area contributed by atoms with Crippen molar-refractivity contribution in [1.82, 2.24) is 9.55 Å². The van der Waals surface area contributed by atoms with Crippen molar-refractivity contribution in [3.8, 4) is 5.75 Å². The molecule has 3 rings (SSSR count). The van der Waals surface area contributed by atoms with Gasteiger partial charge in [0, 0.05) is 35.8 Å². The molecule has 140 valence electrons. The van der Waals surface area contributed by atoms with Crippen molar-refractivity contribution in [3.05, 3.63) is 91.8 Å². The zero-order chi connectivity index (χ0) is 19.6. The fourth-order valence-corrected chi connectivity index (χ4v) is 2.96. The minimum Gasteiger partial charge on any atom is -0.487 e.